The molecule has 1 unspecified atom stereocenters. The summed E-state index contributed by atoms with van der Waals surface area (Å²) >= 11 is 3.40. The Labute approximate surface area is 136 Å². The second-order valence-corrected chi connectivity index (χ2v) is 6.45. The molecule has 1 aromatic heterocycles. The monoisotopic (exact) mass is 365 g/mol. The summed E-state index contributed by atoms with van der Waals surface area (Å²) in [6.45, 7) is 2.44. The van der Waals surface area contributed by atoms with Crippen molar-refractivity contribution in [2.75, 3.05) is 6.54 Å². The molecule has 4 nitrogen and oxygen atoms in total. The van der Waals surface area contributed by atoms with E-state index in [4.69, 9.17) is 0 Å². The van der Waals surface area contributed by atoms with Crippen LogP contribution in [0.15, 0.2) is 22.7 Å². The lowest BCUT2D eigenvalue weighted by molar-refractivity contribution is 0.0944. The Morgan fingerprint density at radius 1 is 1.55 bits per heavy atom. The molecule has 0 saturated carbocycles. The fourth-order valence-corrected chi connectivity index (χ4v) is 3.43. The molecule has 0 fully saturated rings. The molecule has 2 aromatic rings. The minimum Gasteiger partial charge on any atom is -0.350 e. The molecule has 1 N–H and O–H groups in total. The maximum absolute atomic E-state index is 13.2. The van der Waals surface area contributed by atoms with Crippen molar-refractivity contribution in [2.45, 2.75) is 25.7 Å². The standard InChI is InChI=1S/C16H17BrFN3O/c1-9-14(17)15(20-21(9)2)16(22)19-8-11-4-3-10-7-12(18)5-6-13(10)11/h5-7,11H,3-4,8H2,1-2H3,(H,19,22). The number of hydrogen-bond acceptors (Lipinski definition) is 2. The fourth-order valence-electron chi connectivity index (χ4n) is 2.91. The predicted molar refractivity (Wildman–Crippen MR) is 85.4 cm³/mol. The van der Waals surface area contributed by atoms with E-state index in [9.17, 15) is 9.18 Å². The molecule has 0 bridgehead atoms. The Bertz CT molecular complexity index is 741. The molecular weight excluding hydrogens is 349 g/mol. The number of halogens is 2. The van der Waals surface area contributed by atoms with Crippen molar-refractivity contribution in [3.05, 3.63) is 51.0 Å². The van der Waals surface area contributed by atoms with Crippen LogP contribution in [0.1, 0.15) is 39.6 Å². The van der Waals surface area contributed by atoms with Crippen LogP contribution >= 0.6 is 15.9 Å². The first-order valence-electron chi connectivity index (χ1n) is 7.23. The Morgan fingerprint density at radius 3 is 3.00 bits per heavy atom. The van der Waals surface area contributed by atoms with E-state index in [0.29, 0.717) is 12.2 Å². The molecule has 3 rings (SSSR count). The maximum atomic E-state index is 13.2. The molecule has 6 heteroatoms. The zero-order valence-corrected chi connectivity index (χ0v) is 14.1. The number of nitrogens with one attached hydrogen (secondary N) is 1. The highest BCUT2D eigenvalue weighted by Gasteiger charge is 2.24. The summed E-state index contributed by atoms with van der Waals surface area (Å²) in [5.41, 5.74) is 3.50. The van der Waals surface area contributed by atoms with Crippen LogP contribution in [0, 0.1) is 12.7 Å². The molecule has 0 aliphatic heterocycles. The van der Waals surface area contributed by atoms with Gasteiger partial charge in [0.05, 0.1) is 10.2 Å². The Kier molecular flexibility index (Phi) is 4.04. The highest BCUT2D eigenvalue weighted by Crippen LogP contribution is 2.33. The second-order valence-electron chi connectivity index (χ2n) is 5.66. The topological polar surface area (TPSA) is 46.9 Å². The van der Waals surface area contributed by atoms with E-state index in [2.05, 4.69) is 26.3 Å². The molecule has 0 radical (unpaired) electrons. The molecule has 1 heterocycles. The van der Waals surface area contributed by atoms with Crippen LogP contribution in [0.4, 0.5) is 4.39 Å². The summed E-state index contributed by atoms with van der Waals surface area (Å²) in [5, 5.41) is 7.16. The highest BCUT2D eigenvalue weighted by molar-refractivity contribution is 9.10. The smallest absolute Gasteiger partial charge is 0.272 e. The lowest BCUT2D eigenvalue weighted by atomic mass is 10.0. The fraction of sp³-hybridized carbons (Fsp3) is 0.375. The van der Waals surface area contributed by atoms with Gasteiger partial charge in [0.1, 0.15) is 5.82 Å². The summed E-state index contributed by atoms with van der Waals surface area (Å²) < 4.78 is 15.6. The zero-order valence-electron chi connectivity index (χ0n) is 12.5. The highest BCUT2D eigenvalue weighted by atomic mass is 79.9. The van der Waals surface area contributed by atoms with E-state index in [0.717, 1.165) is 34.1 Å². The largest absolute Gasteiger partial charge is 0.350 e. The van der Waals surface area contributed by atoms with Crippen LogP contribution in [-0.2, 0) is 13.5 Å². The first-order chi connectivity index (χ1) is 10.5. The van der Waals surface area contributed by atoms with Crippen molar-refractivity contribution in [1.29, 1.82) is 0 Å². The number of carbonyl (C=O) groups is 1. The SMILES string of the molecule is Cc1c(Br)c(C(=O)NCC2CCc3cc(F)ccc32)nn1C. The first kappa shape index (κ1) is 15.2. The van der Waals surface area contributed by atoms with Gasteiger partial charge in [0, 0.05) is 19.5 Å². The van der Waals surface area contributed by atoms with E-state index >= 15 is 0 Å². The van der Waals surface area contributed by atoms with Gasteiger partial charge in [-0.15, -0.1) is 0 Å². The van der Waals surface area contributed by atoms with Gasteiger partial charge in [0.2, 0.25) is 0 Å². The van der Waals surface area contributed by atoms with Gasteiger partial charge < -0.3 is 5.32 Å². The third-order valence-corrected chi connectivity index (χ3v) is 5.24. The third kappa shape index (κ3) is 2.67. The molecular formula is C16H17BrFN3O. The van der Waals surface area contributed by atoms with E-state index < -0.39 is 0 Å². The molecule has 0 saturated heterocycles. The Morgan fingerprint density at radius 2 is 2.32 bits per heavy atom. The van der Waals surface area contributed by atoms with Crippen molar-refractivity contribution in [3.63, 3.8) is 0 Å². The van der Waals surface area contributed by atoms with Gasteiger partial charge in [-0.3, -0.25) is 9.48 Å². The number of hydrogen-bond donors (Lipinski definition) is 1. The number of carbonyl (C=O) groups excluding carboxylic acids is 1. The second kappa shape index (κ2) is 5.83. The molecule has 1 aliphatic rings. The lowest BCUT2D eigenvalue weighted by Gasteiger charge is -2.12. The molecule has 1 atom stereocenters. The number of benzene rings is 1. The Hall–Kier alpha value is -1.69. The minimum absolute atomic E-state index is 0.189. The maximum Gasteiger partial charge on any atom is 0.272 e. The van der Waals surface area contributed by atoms with Crippen LogP contribution in [0.5, 0.6) is 0 Å². The van der Waals surface area contributed by atoms with Crippen molar-refractivity contribution in [1.82, 2.24) is 15.1 Å². The van der Waals surface area contributed by atoms with Crippen LogP contribution in [0.2, 0.25) is 0 Å². The van der Waals surface area contributed by atoms with Crippen LogP contribution in [-0.4, -0.2) is 22.2 Å². The number of nitrogens with zero attached hydrogens (tertiary/aromatic N) is 2. The zero-order chi connectivity index (χ0) is 15.9. The van der Waals surface area contributed by atoms with Crippen LogP contribution < -0.4 is 5.32 Å². The van der Waals surface area contributed by atoms with Crippen molar-refractivity contribution in [3.8, 4) is 0 Å². The number of fused-ring (bicyclic) bond motifs is 1. The third-order valence-electron chi connectivity index (χ3n) is 4.29. The summed E-state index contributed by atoms with van der Waals surface area (Å²) in [4.78, 5) is 12.3. The van der Waals surface area contributed by atoms with Gasteiger partial charge in [0.25, 0.3) is 5.91 Å². The van der Waals surface area contributed by atoms with Gasteiger partial charge in [-0.2, -0.15) is 5.10 Å². The average Bonchev–Trinajstić information content (AvgIpc) is 3.00. The van der Waals surface area contributed by atoms with Crippen LogP contribution in [0.25, 0.3) is 0 Å². The number of aromatic nitrogens is 2. The quantitative estimate of drug-likeness (QED) is 0.908. The van der Waals surface area contributed by atoms with Gasteiger partial charge in [-0.05, 0) is 59.0 Å². The molecule has 1 aliphatic carbocycles. The average molecular weight is 366 g/mol. The Balaban J connectivity index is 1.69. The number of amides is 1. The summed E-state index contributed by atoms with van der Waals surface area (Å²) in [6.07, 6.45) is 1.79. The molecule has 1 amide bonds. The van der Waals surface area contributed by atoms with Crippen molar-refractivity contribution < 1.29 is 9.18 Å². The number of rotatable bonds is 3. The normalized spacial score (nSPS) is 16.6. The van der Waals surface area contributed by atoms with Gasteiger partial charge in [-0.25, -0.2) is 4.39 Å². The molecule has 1 aromatic carbocycles. The first-order valence-corrected chi connectivity index (χ1v) is 8.02. The van der Waals surface area contributed by atoms with E-state index in [1.54, 1.807) is 17.8 Å². The van der Waals surface area contributed by atoms with Gasteiger partial charge in [0.15, 0.2) is 5.69 Å². The summed E-state index contributed by atoms with van der Waals surface area (Å²) in [5.74, 6) is -0.148. The van der Waals surface area contributed by atoms with E-state index in [-0.39, 0.29) is 17.6 Å². The van der Waals surface area contributed by atoms with E-state index in [1.165, 1.54) is 6.07 Å². The molecule has 22 heavy (non-hydrogen) atoms. The van der Waals surface area contributed by atoms with Crippen molar-refractivity contribution >= 4 is 21.8 Å². The predicted octanol–water partition coefficient (Wildman–Crippen LogP) is 3.09. The summed E-state index contributed by atoms with van der Waals surface area (Å²) in [7, 11) is 1.80. The summed E-state index contributed by atoms with van der Waals surface area (Å²) in [6, 6.07) is 4.91. The van der Waals surface area contributed by atoms with Crippen molar-refractivity contribution in [2.24, 2.45) is 7.05 Å². The lowest BCUT2D eigenvalue weighted by Crippen LogP contribution is -2.28. The minimum atomic E-state index is -0.198. The molecule has 0 spiro atoms. The van der Waals surface area contributed by atoms with Gasteiger partial charge in [-0.1, -0.05) is 6.07 Å². The number of aryl methyl sites for hydroxylation is 2. The van der Waals surface area contributed by atoms with Crippen LogP contribution in [0.3, 0.4) is 0 Å². The van der Waals surface area contributed by atoms with E-state index in [1.807, 2.05) is 13.0 Å². The molecule has 116 valence electrons. The van der Waals surface area contributed by atoms with Gasteiger partial charge >= 0.3 is 0 Å².